The third-order valence-electron chi connectivity index (χ3n) is 3.19. The van der Waals surface area contributed by atoms with Gasteiger partial charge in [0.2, 0.25) is 0 Å². The van der Waals surface area contributed by atoms with Crippen LogP contribution in [0.15, 0.2) is 0 Å². The maximum atomic E-state index is 5.43. The minimum Gasteiger partial charge on any atom is -0.381 e. The zero-order valence-electron chi connectivity index (χ0n) is 11.2. The van der Waals surface area contributed by atoms with Gasteiger partial charge in [0.05, 0.1) is 0 Å². The van der Waals surface area contributed by atoms with Gasteiger partial charge in [-0.1, -0.05) is 46.0 Å². The van der Waals surface area contributed by atoms with E-state index in [9.17, 15) is 0 Å². The van der Waals surface area contributed by atoms with Crippen LogP contribution >= 0.6 is 0 Å². The van der Waals surface area contributed by atoms with Crippen LogP contribution in [-0.4, -0.2) is 21.3 Å². The standard InChI is InChI=1S/C13H28OSi/c1-13(2,3)11-15(4,5)10-12-6-8-14-9-7-12/h12H,6-11H2,1-5H3. The van der Waals surface area contributed by atoms with Crippen LogP contribution in [0.2, 0.25) is 25.2 Å². The normalized spacial score (nSPS) is 20.6. The van der Waals surface area contributed by atoms with Gasteiger partial charge in [0, 0.05) is 21.3 Å². The first-order chi connectivity index (χ1) is 6.79. The monoisotopic (exact) mass is 228 g/mol. The second-order valence-electron chi connectivity index (χ2n) is 7.16. The molecule has 1 fully saturated rings. The van der Waals surface area contributed by atoms with Crippen molar-refractivity contribution in [2.75, 3.05) is 13.2 Å². The largest absolute Gasteiger partial charge is 0.381 e. The van der Waals surface area contributed by atoms with E-state index < -0.39 is 8.07 Å². The fourth-order valence-electron chi connectivity index (χ4n) is 3.24. The Bertz CT molecular complexity index is 187. The van der Waals surface area contributed by atoms with Gasteiger partial charge in [-0.05, 0) is 24.2 Å². The Kier molecular flexibility index (Phi) is 4.42. The summed E-state index contributed by atoms with van der Waals surface area (Å²) in [5, 5.41) is 0. The number of hydrogen-bond acceptors (Lipinski definition) is 1. The third kappa shape index (κ3) is 5.72. The van der Waals surface area contributed by atoms with E-state index in [1.165, 1.54) is 24.9 Å². The average molecular weight is 228 g/mol. The van der Waals surface area contributed by atoms with Crippen molar-refractivity contribution in [3.63, 3.8) is 0 Å². The summed E-state index contributed by atoms with van der Waals surface area (Å²) in [6.45, 7) is 14.3. The van der Waals surface area contributed by atoms with E-state index in [1.54, 1.807) is 0 Å². The molecule has 1 aliphatic heterocycles. The van der Waals surface area contributed by atoms with Gasteiger partial charge >= 0.3 is 0 Å². The Hall–Kier alpha value is 0.177. The van der Waals surface area contributed by atoms with Crippen molar-refractivity contribution in [1.82, 2.24) is 0 Å². The van der Waals surface area contributed by atoms with E-state index >= 15 is 0 Å². The van der Waals surface area contributed by atoms with Gasteiger partial charge in [0.1, 0.15) is 0 Å². The molecule has 0 radical (unpaired) electrons. The van der Waals surface area contributed by atoms with Crippen molar-refractivity contribution in [3.8, 4) is 0 Å². The highest BCUT2D eigenvalue weighted by molar-refractivity contribution is 6.77. The molecule has 90 valence electrons. The molecule has 0 aromatic carbocycles. The van der Waals surface area contributed by atoms with Crippen molar-refractivity contribution >= 4 is 8.07 Å². The quantitative estimate of drug-likeness (QED) is 0.659. The summed E-state index contributed by atoms with van der Waals surface area (Å²) in [6.07, 6.45) is 2.61. The lowest BCUT2D eigenvalue weighted by Gasteiger charge is -2.35. The molecule has 0 aliphatic carbocycles. The molecule has 0 spiro atoms. The second-order valence-corrected chi connectivity index (χ2v) is 12.3. The van der Waals surface area contributed by atoms with Gasteiger partial charge in [-0.2, -0.15) is 0 Å². The van der Waals surface area contributed by atoms with Crippen LogP contribution in [0.5, 0.6) is 0 Å². The van der Waals surface area contributed by atoms with Gasteiger partial charge in [-0.25, -0.2) is 0 Å². The molecular formula is C13H28OSi. The fourth-order valence-corrected chi connectivity index (χ4v) is 8.23. The summed E-state index contributed by atoms with van der Waals surface area (Å²) < 4.78 is 5.43. The number of hydrogen-bond donors (Lipinski definition) is 0. The fraction of sp³-hybridized carbons (Fsp3) is 1.00. The molecule has 2 heteroatoms. The molecule has 15 heavy (non-hydrogen) atoms. The van der Waals surface area contributed by atoms with Gasteiger partial charge in [-0.3, -0.25) is 0 Å². The zero-order chi connectivity index (χ0) is 11.5. The van der Waals surface area contributed by atoms with Gasteiger partial charge in [0.15, 0.2) is 0 Å². The summed E-state index contributed by atoms with van der Waals surface area (Å²) in [6, 6.07) is 2.96. The van der Waals surface area contributed by atoms with Gasteiger partial charge < -0.3 is 4.74 Å². The first kappa shape index (κ1) is 13.2. The van der Waals surface area contributed by atoms with Crippen LogP contribution in [0.25, 0.3) is 0 Å². The topological polar surface area (TPSA) is 9.23 Å². The molecule has 0 aromatic rings. The maximum Gasteiger partial charge on any atom is 0.0481 e. The molecule has 1 heterocycles. The van der Waals surface area contributed by atoms with Crippen molar-refractivity contribution in [1.29, 1.82) is 0 Å². The van der Waals surface area contributed by atoms with E-state index in [0.29, 0.717) is 5.41 Å². The SMILES string of the molecule is CC(C)(C)C[Si](C)(C)CC1CCOCC1. The summed E-state index contributed by atoms with van der Waals surface area (Å²) in [7, 11) is -0.982. The summed E-state index contributed by atoms with van der Waals surface area (Å²) in [5.41, 5.74) is 0.515. The zero-order valence-corrected chi connectivity index (χ0v) is 12.2. The van der Waals surface area contributed by atoms with Crippen LogP contribution in [0.4, 0.5) is 0 Å². The summed E-state index contributed by atoms with van der Waals surface area (Å²) in [4.78, 5) is 0. The van der Waals surface area contributed by atoms with E-state index in [1.807, 2.05) is 0 Å². The molecule has 1 nitrogen and oxygen atoms in total. The Morgan fingerprint density at radius 2 is 1.67 bits per heavy atom. The summed E-state index contributed by atoms with van der Waals surface area (Å²) in [5.74, 6) is 0.961. The smallest absolute Gasteiger partial charge is 0.0481 e. The predicted octanol–water partition coefficient (Wildman–Crippen LogP) is 4.17. The lowest BCUT2D eigenvalue weighted by Crippen LogP contribution is -2.34. The molecule has 0 aromatic heterocycles. The Labute approximate surface area is 96.6 Å². The molecule has 0 bridgehead atoms. The first-order valence-corrected chi connectivity index (χ1v) is 9.78. The van der Waals surface area contributed by atoms with Crippen molar-refractivity contribution < 1.29 is 4.74 Å². The van der Waals surface area contributed by atoms with Crippen LogP contribution in [0.3, 0.4) is 0 Å². The van der Waals surface area contributed by atoms with Crippen molar-refractivity contribution in [3.05, 3.63) is 0 Å². The highest BCUT2D eigenvalue weighted by atomic mass is 28.3. The molecule has 0 amide bonds. The Morgan fingerprint density at radius 3 is 2.13 bits per heavy atom. The molecule has 0 saturated carbocycles. The van der Waals surface area contributed by atoms with Crippen LogP contribution in [0.1, 0.15) is 33.6 Å². The second kappa shape index (κ2) is 5.01. The predicted molar refractivity (Wildman–Crippen MR) is 70.1 cm³/mol. The van der Waals surface area contributed by atoms with E-state index in [0.717, 1.165) is 19.1 Å². The molecule has 0 unspecified atom stereocenters. The maximum absolute atomic E-state index is 5.43. The van der Waals surface area contributed by atoms with Crippen LogP contribution in [-0.2, 0) is 4.74 Å². The Balaban J connectivity index is 2.40. The lowest BCUT2D eigenvalue weighted by molar-refractivity contribution is 0.0711. The highest BCUT2D eigenvalue weighted by Gasteiger charge is 2.30. The summed E-state index contributed by atoms with van der Waals surface area (Å²) >= 11 is 0. The minimum atomic E-state index is -0.982. The van der Waals surface area contributed by atoms with Crippen molar-refractivity contribution in [2.45, 2.75) is 58.8 Å². The Morgan fingerprint density at radius 1 is 1.13 bits per heavy atom. The van der Waals surface area contributed by atoms with Crippen LogP contribution < -0.4 is 0 Å². The highest BCUT2D eigenvalue weighted by Crippen LogP contribution is 2.34. The third-order valence-corrected chi connectivity index (χ3v) is 6.89. The van der Waals surface area contributed by atoms with Crippen LogP contribution in [0, 0.1) is 11.3 Å². The van der Waals surface area contributed by atoms with Gasteiger partial charge in [-0.15, -0.1) is 0 Å². The van der Waals surface area contributed by atoms with Crippen molar-refractivity contribution in [2.24, 2.45) is 11.3 Å². The number of rotatable bonds is 3. The minimum absolute atomic E-state index is 0.515. The van der Waals surface area contributed by atoms with Gasteiger partial charge in [0.25, 0.3) is 0 Å². The molecule has 0 N–H and O–H groups in total. The molecule has 1 aliphatic rings. The lowest BCUT2D eigenvalue weighted by atomic mass is 10.0. The molecular weight excluding hydrogens is 200 g/mol. The van der Waals surface area contributed by atoms with E-state index in [-0.39, 0.29) is 0 Å². The number of ether oxygens (including phenoxy) is 1. The van der Waals surface area contributed by atoms with E-state index in [4.69, 9.17) is 4.74 Å². The first-order valence-electron chi connectivity index (χ1n) is 6.36. The molecule has 1 saturated heterocycles. The molecule has 1 rings (SSSR count). The molecule has 0 atom stereocenters. The average Bonchev–Trinajstić information content (AvgIpc) is 1.99. The van der Waals surface area contributed by atoms with E-state index in [2.05, 4.69) is 33.9 Å².